The zero-order valence-corrected chi connectivity index (χ0v) is 20.3. The van der Waals surface area contributed by atoms with Gasteiger partial charge in [0.2, 0.25) is 21.8 Å². The predicted molar refractivity (Wildman–Crippen MR) is 128 cm³/mol. The Balaban J connectivity index is 2.37. The molecule has 0 bridgehead atoms. The topological polar surface area (TPSA) is 86.8 Å². The summed E-state index contributed by atoms with van der Waals surface area (Å²) in [6.45, 7) is 7.68. The minimum Gasteiger partial charge on any atom is -0.354 e. The smallest absolute Gasteiger partial charge is 0.244 e. The highest BCUT2D eigenvalue weighted by Crippen LogP contribution is 2.22. The average Bonchev–Trinajstić information content (AvgIpc) is 2.72. The Kier molecular flexibility index (Phi) is 8.83. The third kappa shape index (κ3) is 7.09. The molecule has 2 aromatic carbocycles. The molecule has 174 valence electrons. The third-order valence-corrected chi connectivity index (χ3v) is 6.23. The van der Waals surface area contributed by atoms with Gasteiger partial charge in [0.15, 0.2) is 0 Å². The Labute approximate surface area is 191 Å². The molecule has 32 heavy (non-hydrogen) atoms. The molecule has 0 heterocycles. The lowest BCUT2D eigenvalue weighted by Gasteiger charge is -2.31. The number of nitrogens with one attached hydrogen (secondary N) is 1. The number of rotatable bonds is 10. The molecule has 2 rings (SSSR count). The standard InChI is InChI=1S/C24H33N3O4S/c1-6-12-25-24(29)20(4)26(16-21-10-8-7-9-11-21)23(28)17-27(32(5,30)31)22-14-18(2)13-19(3)15-22/h7-11,13-15,20H,6,12,16-17H2,1-5H3,(H,25,29)/t20-/m0/s1. The Morgan fingerprint density at radius 3 is 2.16 bits per heavy atom. The van der Waals surface area contributed by atoms with Crippen LogP contribution in [0.1, 0.15) is 37.0 Å². The first-order chi connectivity index (χ1) is 15.0. The van der Waals surface area contributed by atoms with E-state index in [-0.39, 0.29) is 19.0 Å². The molecule has 0 saturated carbocycles. The summed E-state index contributed by atoms with van der Waals surface area (Å²) in [5, 5.41) is 2.82. The molecule has 0 fully saturated rings. The molecular weight excluding hydrogens is 426 g/mol. The molecule has 0 aliphatic carbocycles. The van der Waals surface area contributed by atoms with Gasteiger partial charge in [-0.2, -0.15) is 0 Å². The van der Waals surface area contributed by atoms with Gasteiger partial charge in [-0.1, -0.05) is 43.3 Å². The first kappa shape index (κ1) is 25.4. The van der Waals surface area contributed by atoms with Gasteiger partial charge in [0.1, 0.15) is 12.6 Å². The first-order valence-electron chi connectivity index (χ1n) is 10.7. The highest BCUT2D eigenvalue weighted by atomic mass is 32.2. The molecule has 7 nitrogen and oxygen atoms in total. The molecule has 0 aromatic heterocycles. The van der Waals surface area contributed by atoms with Crippen LogP contribution in [0.5, 0.6) is 0 Å². The maximum Gasteiger partial charge on any atom is 0.244 e. The number of hydrogen-bond acceptors (Lipinski definition) is 4. The van der Waals surface area contributed by atoms with Crippen LogP contribution in [-0.4, -0.2) is 50.5 Å². The fraction of sp³-hybridized carbons (Fsp3) is 0.417. The Morgan fingerprint density at radius 1 is 1.03 bits per heavy atom. The molecule has 1 atom stereocenters. The Hall–Kier alpha value is -2.87. The van der Waals surface area contributed by atoms with Crippen molar-refractivity contribution in [2.45, 2.75) is 46.7 Å². The maximum absolute atomic E-state index is 13.4. The second-order valence-corrected chi connectivity index (χ2v) is 10.00. The molecular formula is C24H33N3O4S. The van der Waals surface area contributed by atoms with Crippen molar-refractivity contribution in [3.05, 3.63) is 65.2 Å². The number of amides is 2. The zero-order valence-electron chi connectivity index (χ0n) is 19.5. The van der Waals surface area contributed by atoms with E-state index in [9.17, 15) is 18.0 Å². The van der Waals surface area contributed by atoms with Crippen LogP contribution in [-0.2, 0) is 26.2 Å². The Bertz CT molecular complexity index is 1020. The summed E-state index contributed by atoms with van der Waals surface area (Å²) in [7, 11) is -3.73. The predicted octanol–water partition coefficient (Wildman–Crippen LogP) is 3.01. The van der Waals surface area contributed by atoms with E-state index in [4.69, 9.17) is 0 Å². The molecule has 0 spiro atoms. The van der Waals surface area contributed by atoms with Crippen molar-refractivity contribution in [1.29, 1.82) is 0 Å². The van der Waals surface area contributed by atoms with Crippen LogP contribution < -0.4 is 9.62 Å². The van der Waals surface area contributed by atoms with Crippen molar-refractivity contribution in [3.63, 3.8) is 0 Å². The van der Waals surface area contributed by atoms with Gasteiger partial charge in [0.25, 0.3) is 0 Å². The van der Waals surface area contributed by atoms with Gasteiger partial charge in [-0.15, -0.1) is 0 Å². The van der Waals surface area contributed by atoms with E-state index < -0.39 is 22.0 Å². The van der Waals surface area contributed by atoms with Gasteiger partial charge in [0, 0.05) is 13.1 Å². The van der Waals surface area contributed by atoms with Gasteiger partial charge in [-0.3, -0.25) is 13.9 Å². The normalized spacial score (nSPS) is 12.2. The van der Waals surface area contributed by atoms with E-state index in [1.807, 2.05) is 57.2 Å². The molecule has 0 radical (unpaired) electrons. The molecule has 0 unspecified atom stereocenters. The van der Waals surface area contributed by atoms with E-state index >= 15 is 0 Å². The highest BCUT2D eigenvalue weighted by Gasteiger charge is 2.30. The number of aryl methyl sites for hydroxylation is 2. The summed E-state index contributed by atoms with van der Waals surface area (Å²) in [5.41, 5.74) is 3.08. The summed E-state index contributed by atoms with van der Waals surface area (Å²) >= 11 is 0. The van der Waals surface area contributed by atoms with Crippen molar-refractivity contribution in [2.24, 2.45) is 0 Å². The number of carbonyl (C=O) groups excluding carboxylic acids is 2. The van der Waals surface area contributed by atoms with Gasteiger partial charge in [-0.25, -0.2) is 8.42 Å². The van der Waals surface area contributed by atoms with Crippen molar-refractivity contribution < 1.29 is 18.0 Å². The number of sulfonamides is 1. The van der Waals surface area contributed by atoms with E-state index in [2.05, 4.69) is 5.32 Å². The van der Waals surface area contributed by atoms with Crippen molar-refractivity contribution in [2.75, 3.05) is 23.7 Å². The Morgan fingerprint density at radius 2 is 1.62 bits per heavy atom. The molecule has 8 heteroatoms. The second-order valence-electron chi connectivity index (χ2n) is 8.09. The number of anilines is 1. The van der Waals surface area contributed by atoms with Crippen LogP contribution >= 0.6 is 0 Å². The van der Waals surface area contributed by atoms with E-state index in [1.165, 1.54) is 4.90 Å². The summed E-state index contributed by atoms with van der Waals surface area (Å²) in [6.07, 6.45) is 1.86. The number of hydrogen-bond donors (Lipinski definition) is 1. The fourth-order valence-electron chi connectivity index (χ4n) is 3.47. The lowest BCUT2D eigenvalue weighted by Crippen LogP contribution is -2.51. The summed E-state index contributed by atoms with van der Waals surface area (Å²) < 4.78 is 26.3. The van der Waals surface area contributed by atoms with E-state index in [0.717, 1.165) is 33.7 Å². The van der Waals surface area contributed by atoms with Gasteiger partial charge in [0.05, 0.1) is 11.9 Å². The molecule has 0 aliphatic heterocycles. The number of nitrogens with zero attached hydrogens (tertiary/aromatic N) is 2. The third-order valence-electron chi connectivity index (χ3n) is 5.09. The number of benzene rings is 2. The monoisotopic (exact) mass is 459 g/mol. The average molecular weight is 460 g/mol. The molecule has 2 amide bonds. The van der Waals surface area contributed by atoms with Crippen LogP contribution in [0.3, 0.4) is 0 Å². The van der Waals surface area contributed by atoms with Crippen LogP contribution in [0.4, 0.5) is 5.69 Å². The van der Waals surface area contributed by atoms with Crippen LogP contribution in [0.15, 0.2) is 48.5 Å². The molecule has 1 N–H and O–H groups in total. The van der Waals surface area contributed by atoms with Gasteiger partial charge >= 0.3 is 0 Å². The minimum absolute atomic E-state index is 0.199. The van der Waals surface area contributed by atoms with E-state index in [1.54, 1.807) is 19.1 Å². The van der Waals surface area contributed by atoms with Crippen molar-refractivity contribution >= 4 is 27.5 Å². The summed E-state index contributed by atoms with van der Waals surface area (Å²) in [6, 6.07) is 14.0. The molecule has 0 aliphatic rings. The van der Waals surface area contributed by atoms with E-state index in [0.29, 0.717) is 12.2 Å². The minimum atomic E-state index is -3.73. The van der Waals surface area contributed by atoms with Crippen molar-refractivity contribution in [1.82, 2.24) is 10.2 Å². The lowest BCUT2D eigenvalue weighted by atomic mass is 10.1. The molecule has 2 aromatic rings. The number of carbonyl (C=O) groups is 2. The van der Waals surface area contributed by atoms with Gasteiger partial charge in [-0.05, 0) is 56.0 Å². The van der Waals surface area contributed by atoms with Crippen molar-refractivity contribution in [3.8, 4) is 0 Å². The van der Waals surface area contributed by atoms with Crippen LogP contribution in [0.25, 0.3) is 0 Å². The fourth-order valence-corrected chi connectivity index (χ4v) is 4.30. The van der Waals surface area contributed by atoms with Crippen LogP contribution in [0.2, 0.25) is 0 Å². The first-order valence-corrected chi connectivity index (χ1v) is 12.5. The SMILES string of the molecule is CCCNC(=O)[C@H](C)N(Cc1ccccc1)C(=O)CN(c1cc(C)cc(C)c1)S(C)(=O)=O. The van der Waals surface area contributed by atoms with Crippen LogP contribution in [0, 0.1) is 13.8 Å². The summed E-state index contributed by atoms with van der Waals surface area (Å²) in [5.74, 6) is -0.717. The highest BCUT2D eigenvalue weighted by molar-refractivity contribution is 7.92. The molecule has 0 saturated heterocycles. The zero-order chi connectivity index (χ0) is 23.9. The largest absolute Gasteiger partial charge is 0.354 e. The summed E-state index contributed by atoms with van der Waals surface area (Å²) in [4.78, 5) is 27.5. The van der Waals surface area contributed by atoms with Gasteiger partial charge < -0.3 is 10.2 Å². The quantitative estimate of drug-likeness (QED) is 0.592. The second kappa shape index (κ2) is 11.1. The lowest BCUT2D eigenvalue weighted by molar-refractivity contribution is -0.139. The maximum atomic E-state index is 13.4.